The lowest BCUT2D eigenvalue weighted by Gasteiger charge is -2.14. The molecule has 10 heteroatoms. The predicted molar refractivity (Wildman–Crippen MR) is 126 cm³/mol. The van der Waals surface area contributed by atoms with Gasteiger partial charge < -0.3 is 28.2 Å². The molecule has 2 heterocycles. The van der Waals surface area contributed by atoms with Gasteiger partial charge in [-0.25, -0.2) is 0 Å². The van der Waals surface area contributed by atoms with Crippen molar-refractivity contribution < 1.29 is 37.8 Å². The van der Waals surface area contributed by atoms with Crippen molar-refractivity contribution in [2.75, 3.05) is 21.3 Å². The number of fused-ring (bicyclic) bond motifs is 1. The Hall–Kier alpha value is -3.98. The average molecular weight is 500 g/mol. The molecule has 1 aromatic heterocycles. The third kappa shape index (κ3) is 4.95. The van der Waals surface area contributed by atoms with Gasteiger partial charge in [-0.3, -0.25) is 9.59 Å². The van der Waals surface area contributed by atoms with Gasteiger partial charge in [0.15, 0.2) is 22.4 Å². The maximum absolute atomic E-state index is 13.1. The fourth-order valence-electron chi connectivity index (χ4n) is 3.73. The summed E-state index contributed by atoms with van der Waals surface area (Å²) in [4.78, 5) is 25.4. The normalized spacial score (nSPS) is 13.4. The molecule has 1 aliphatic rings. The first-order valence-electron chi connectivity index (χ1n) is 10.5. The molecule has 0 spiro atoms. The fourth-order valence-corrected chi connectivity index (χ4v) is 3.89. The summed E-state index contributed by atoms with van der Waals surface area (Å²) in [6, 6.07) is 8.10. The number of allylic oxidation sites excluding steroid dienone is 1. The molecule has 0 saturated heterocycles. The molecule has 2 aromatic carbocycles. The van der Waals surface area contributed by atoms with E-state index in [4.69, 9.17) is 39.8 Å². The van der Waals surface area contributed by atoms with Crippen molar-refractivity contribution in [3.8, 4) is 28.7 Å². The molecule has 182 valence electrons. The van der Waals surface area contributed by atoms with Crippen molar-refractivity contribution in [3.05, 3.63) is 63.7 Å². The molecule has 0 amide bonds. The van der Waals surface area contributed by atoms with Crippen LogP contribution in [0.5, 0.6) is 28.7 Å². The number of carbonyl (C=O) groups is 2. The van der Waals surface area contributed by atoms with E-state index in [1.54, 1.807) is 31.2 Å². The Bertz CT molecular complexity index is 1330. The molecule has 4 rings (SSSR count). The number of rotatable bonds is 8. The van der Waals surface area contributed by atoms with Crippen LogP contribution >= 0.6 is 11.6 Å². The maximum atomic E-state index is 13.1. The lowest BCUT2D eigenvalue weighted by Crippen LogP contribution is -2.09. The van der Waals surface area contributed by atoms with Crippen molar-refractivity contribution >= 4 is 29.4 Å². The molecule has 0 unspecified atom stereocenters. The van der Waals surface area contributed by atoms with Crippen LogP contribution < -0.4 is 23.7 Å². The molecule has 0 atom stereocenters. The number of hydrogen-bond donors (Lipinski definition) is 0. The molecule has 0 saturated carbocycles. The van der Waals surface area contributed by atoms with Gasteiger partial charge in [0.1, 0.15) is 17.3 Å². The third-order valence-corrected chi connectivity index (χ3v) is 5.48. The number of halogens is 1. The minimum atomic E-state index is -0.480. The van der Waals surface area contributed by atoms with Crippen LogP contribution in [0.25, 0.3) is 6.08 Å². The van der Waals surface area contributed by atoms with Crippen LogP contribution in [0.2, 0.25) is 5.15 Å². The number of esters is 1. The number of aryl methyl sites for hydroxylation is 2. The summed E-state index contributed by atoms with van der Waals surface area (Å²) >= 11 is 5.71. The molecule has 0 fully saturated rings. The zero-order valence-electron chi connectivity index (χ0n) is 19.5. The van der Waals surface area contributed by atoms with E-state index in [0.29, 0.717) is 45.4 Å². The van der Waals surface area contributed by atoms with E-state index in [9.17, 15) is 9.59 Å². The Morgan fingerprint density at radius 1 is 1.09 bits per heavy atom. The second-order valence-corrected chi connectivity index (χ2v) is 7.95. The van der Waals surface area contributed by atoms with E-state index in [2.05, 4.69) is 5.16 Å². The van der Waals surface area contributed by atoms with Gasteiger partial charge in [0.05, 0.1) is 33.3 Å². The highest BCUT2D eigenvalue weighted by Gasteiger charge is 2.31. The number of aromatic nitrogens is 1. The van der Waals surface area contributed by atoms with Gasteiger partial charge in [-0.05, 0) is 36.8 Å². The molecule has 1 aliphatic heterocycles. The predicted octanol–water partition coefficient (Wildman–Crippen LogP) is 4.82. The van der Waals surface area contributed by atoms with E-state index < -0.39 is 5.97 Å². The summed E-state index contributed by atoms with van der Waals surface area (Å²) in [7, 11) is 4.51. The number of nitrogens with zero attached hydrogens (tertiary/aromatic N) is 1. The first kappa shape index (κ1) is 24.2. The summed E-state index contributed by atoms with van der Waals surface area (Å²) in [6.07, 6.45) is 1.92. The fraction of sp³-hybridized carbons (Fsp3) is 0.240. The first-order chi connectivity index (χ1) is 16.8. The number of methoxy groups -OCH3 is 3. The van der Waals surface area contributed by atoms with Gasteiger partial charge in [-0.15, -0.1) is 0 Å². The SMILES string of the molecule is COc1ccc(/C=C2\Oc3cc(OC(=O)CCc4cc(Cl)no4)cc(C)c3C2=O)c(OC)c1OC. The van der Waals surface area contributed by atoms with E-state index in [1.807, 2.05) is 0 Å². The summed E-state index contributed by atoms with van der Waals surface area (Å²) in [6.45, 7) is 1.74. The Labute approximate surface area is 206 Å². The van der Waals surface area contributed by atoms with Gasteiger partial charge in [0.2, 0.25) is 11.5 Å². The highest BCUT2D eigenvalue weighted by molar-refractivity contribution is 6.29. The Morgan fingerprint density at radius 2 is 1.86 bits per heavy atom. The number of benzene rings is 2. The van der Waals surface area contributed by atoms with Crippen molar-refractivity contribution in [1.29, 1.82) is 0 Å². The van der Waals surface area contributed by atoms with Crippen molar-refractivity contribution in [2.45, 2.75) is 19.8 Å². The first-order valence-corrected chi connectivity index (χ1v) is 10.9. The van der Waals surface area contributed by atoms with Gasteiger partial charge in [0, 0.05) is 24.1 Å². The molecule has 3 aromatic rings. The van der Waals surface area contributed by atoms with Crippen LogP contribution in [-0.4, -0.2) is 38.2 Å². The molecule has 0 radical (unpaired) electrons. The Balaban J connectivity index is 1.55. The summed E-state index contributed by atoms with van der Waals surface area (Å²) in [5.41, 5.74) is 1.57. The summed E-state index contributed by atoms with van der Waals surface area (Å²) in [5.74, 6) is 1.63. The van der Waals surface area contributed by atoms with Crippen LogP contribution in [0.15, 0.2) is 40.6 Å². The van der Waals surface area contributed by atoms with Gasteiger partial charge in [-0.2, -0.15) is 0 Å². The zero-order chi connectivity index (χ0) is 25.1. The van der Waals surface area contributed by atoms with E-state index in [-0.39, 0.29) is 35.3 Å². The van der Waals surface area contributed by atoms with Crippen molar-refractivity contribution in [2.24, 2.45) is 0 Å². The summed E-state index contributed by atoms with van der Waals surface area (Å²) < 4.78 is 32.4. The lowest BCUT2D eigenvalue weighted by molar-refractivity contribution is -0.134. The van der Waals surface area contributed by atoms with Crippen LogP contribution in [0.4, 0.5) is 0 Å². The van der Waals surface area contributed by atoms with E-state index in [1.165, 1.54) is 33.5 Å². The average Bonchev–Trinajstić information content (AvgIpc) is 3.39. The molecule has 0 bridgehead atoms. The second-order valence-electron chi connectivity index (χ2n) is 7.57. The van der Waals surface area contributed by atoms with E-state index >= 15 is 0 Å². The topological polar surface area (TPSA) is 106 Å². The van der Waals surface area contributed by atoms with Gasteiger partial charge >= 0.3 is 5.97 Å². The maximum Gasteiger partial charge on any atom is 0.311 e. The number of ether oxygens (including phenoxy) is 5. The zero-order valence-corrected chi connectivity index (χ0v) is 20.2. The van der Waals surface area contributed by atoms with Gasteiger partial charge in [-0.1, -0.05) is 16.8 Å². The van der Waals surface area contributed by atoms with Crippen LogP contribution in [0.3, 0.4) is 0 Å². The number of ketones is 1. The molecule has 35 heavy (non-hydrogen) atoms. The Kier molecular flexibility index (Phi) is 6.97. The van der Waals surface area contributed by atoms with Gasteiger partial charge in [0.25, 0.3) is 0 Å². The number of hydrogen-bond acceptors (Lipinski definition) is 9. The summed E-state index contributed by atoms with van der Waals surface area (Å²) in [5, 5.41) is 3.79. The van der Waals surface area contributed by atoms with Crippen LogP contribution in [-0.2, 0) is 11.2 Å². The van der Waals surface area contributed by atoms with Crippen molar-refractivity contribution in [1.82, 2.24) is 5.16 Å². The van der Waals surface area contributed by atoms with Crippen LogP contribution in [0.1, 0.15) is 33.7 Å². The molecule has 0 N–H and O–H groups in total. The highest BCUT2D eigenvalue weighted by atomic mass is 35.5. The monoisotopic (exact) mass is 499 g/mol. The highest BCUT2D eigenvalue weighted by Crippen LogP contribution is 2.42. The molecular formula is C25H22ClNO8. The van der Waals surface area contributed by atoms with E-state index in [0.717, 1.165) is 0 Å². The third-order valence-electron chi connectivity index (χ3n) is 5.30. The molecule has 9 nitrogen and oxygen atoms in total. The second kappa shape index (κ2) is 10.1. The smallest absolute Gasteiger partial charge is 0.311 e. The standard InChI is InChI=1S/C25H22ClNO8/c1-13-9-16(33-21(28)8-6-15-12-20(26)27-35-15)11-18-22(13)23(29)19(34-18)10-14-5-7-17(30-2)25(32-4)24(14)31-3/h5,7,9-12H,6,8H2,1-4H3/b19-10-. The lowest BCUT2D eigenvalue weighted by atomic mass is 10.0. The van der Waals surface area contributed by atoms with Crippen LogP contribution in [0, 0.1) is 6.92 Å². The molecule has 0 aliphatic carbocycles. The quantitative estimate of drug-likeness (QED) is 0.245. The minimum Gasteiger partial charge on any atom is -0.493 e. The Morgan fingerprint density at radius 3 is 2.51 bits per heavy atom. The largest absolute Gasteiger partial charge is 0.493 e. The van der Waals surface area contributed by atoms with Crippen molar-refractivity contribution in [3.63, 3.8) is 0 Å². The number of carbonyl (C=O) groups excluding carboxylic acids is 2. The minimum absolute atomic E-state index is 0.0612. The number of Topliss-reactive ketones (excluding diaryl/α,β-unsaturated/α-hetero) is 1. The molecular weight excluding hydrogens is 478 g/mol.